The van der Waals surface area contributed by atoms with E-state index in [1.807, 2.05) is 27.7 Å². The van der Waals surface area contributed by atoms with Crippen LogP contribution in [-0.4, -0.2) is 74.1 Å². The number of hydrogen-bond acceptors (Lipinski definition) is 7. The van der Waals surface area contributed by atoms with Crippen molar-refractivity contribution in [2.24, 2.45) is 17.6 Å². The number of imidazole rings is 1. The second-order valence-corrected chi connectivity index (χ2v) is 9.01. The van der Waals surface area contributed by atoms with Gasteiger partial charge in [-0.15, -0.1) is 0 Å². The van der Waals surface area contributed by atoms with Crippen LogP contribution in [0.2, 0.25) is 0 Å². The molecule has 0 bridgehead atoms. The summed E-state index contributed by atoms with van der Waals surface area (Å²) in [4.78, 5) is 56.7. The first-order valence-electron chi connectivity index (χ1n) is 11.4. The van der Waals surface area contributed by atoms with E-state index in [1.54, 1.807) is 0 Å². The largest absolute Gasteiger partial charge is 0.480 e. The number of carbonyl (C=O) groups excluding carboxylic acids is 3. The van der Waals surface area contributed by atoms with E-state index in [0.29, 0.717) is 12.1 Å². The van der Waals surface area contributed by atoms with E-state index < -0.39 is 54.0 Å². The fourth-order valence-corrected chi connectivity index (χ4v) is 3.22. The monoisotopic (exact) mass is 482 g/mol. The smallest absolute Gasteiger partial charge is 0.326 e. The molecule has 34 heavy (non-hydrogen) atoms. The van der Waals surface area contributed by atoms with Crippen LogP contribution in [0.25, 0.3) is 0 Å². The molecule has 6 atom stereocenters. The maximum atomic E-state index is 13.1. The highest BCUT2D eigenvalue weighted by molar-refractivity contribution is 5.94. The SMILES string of the molecule is CCC(C)C(N)C(=O)NC(Cc1cnc[nH]1)C(=O)NC(C(=O)NC(CC(C)C)C(=O)O)C(C)O. The Kier molecular flexibility index (Phi) is 11.7. The Balaban J connectivity index is 3.03. The third-order valence-corrected chi connectivity index (χ3v) is 5.56. The number of aliphatic hydroxyl groups excluding tert-OH is 1. The van der Waals surface area contributed by atoms with E-state index in [-0.39, 0.29) is 24.7 Å². The van der Waals surface area contributed by atoms with E-state index in [9.17, 15) is 29.4 Å². The highest BCUT2D eigenvalue weighted by Crippen LogP contribution is 2.09. The van der Waals surface area contributed by atoms with E-state index in [4.69, 9.17) is 5.73 Å². The Bertz CT molecular complexity index is 813. The van der Waals surface area contributed by atoms with Crippen LogP contribution in [0.4, 0.5) is 0 Å². The van der Waals surface area contributed by atoms with Crippen molar-refractivity contribution in [2.45, 2.75) is 84.2 Å². The molecule has 0 aliphatic carbocycles. The summed E-state index contributed by atoms with van der Waals surface area (Å²) >= 11 is 0. The van der Waals surface area contributed by atoms with Crippen LogP contribution in [0.3, 0.4) is 0 Å². The zero-order valence-electron chi connectivity index (χ0n) is 20.4. The van der Waals surface area contributed by atoms with Crippen LogP contribution in [0.5, 0.6) is 0 Å². The van der Waals surface area contributed by atoms with Gasteiger partial charge in [-0.3, -0.25) is 14.4 Å². The lowest BCUT2D eigenvalue weighted by Gasteiger charge is -2.27. The molecule has 0 aromatic carbocycles. The number of rotatable bonds is 14. The van der Waals surface area contributed by atoms with Crippen LogP contribution < -0.4 is 21.7 Å². The predicted molar refractivity (Wildman–Crippen MR) is 124 cm³/mol. The minimum absolute atomic E-state index is 0.00953. The number of aliphatic carboxylic acids is 1. The van der Waals surface area contributed by atoms with Gasteiger partial charge in [0, 0.05) is 18.3 Å². The van der Waals surface area contributed by atoms with Crippen molar-refractivity contribution in [3.8, 4) is 0 Å². The number of hydrogen-bond donors (Lipinski definition) is 7. The third-order valence-electron chi connectivity index (χ3n) is 5.56. The topological polar surface area (TPSA) is 200 Å². The standard InChI is InChI=1S/C22H38N6O6/c1-6-12(4)17(23)20(31)26-15(8-14-9-24-10-25-14)19(30)28-18(13(5)29)21(32)27-16(22(33)34)7-11(2)3/h9-13,15-18,29H,6-8,23H2,1-5H3,(H,24,25)(H,26,31)(H,27,32)(H,28,30)(H,33,34). The van der Waals surface area contributed by atoms with Crippen LogP contribution in [-0.2, 0) is 25.6 Å². The number of carboxylic acids is 1. The first-order chi connectivity index (χ1) is 15.9. The van der Waals surface area contributed by atoms with Crippen molar-refractivity contribution in [3.05, 3.63) is 18.2 Å². The Morgan fingerprint density at radius 3 is 2.12 bits per heavy atom. The molecule has 1 heterocycles. The number of nitrogens with one attached hydrogen (secondary N) is 4. The number of aromatic amines is 1. The molecule has 0 aliphatic rings. The number of nitrogens with two attached hydrogens (primary N) is 1. The molecule has 0 fully saturated rings. The van der Waals surface area contributed by atoms with Gasteiger partial charge in [0.25, 0.3) is 0 Å². The molecule has 0 saturated heterocycles. The van der Waals surface area contributed by atoms with Crippen molar-refractivity contribution in [3.63, 3.8) is 0 Å². The van der Waals surface area contributed by atoms with Crippen molar-refractivity contribution in [1.82, 2.24) is 25.9 Å². The average Bonchev–Trinajstić information content (AvgIpc) is 3.27. The fourth-order valence-electron chi connectivity index (χ4n) is 3.22. The van der Waals surface area contributed by atoms with Gasteiger partial charge in [-0.2, -0.15) is 0 Å². The van der Waals surface area contributed by atoms with Gasteiger partial charge in [-0.25, -0.2) is 9.78 Å². The van der Waals surface area contributed by atoms with Gasteiger partial charge < -0.3 is 36.9 Å². The summed E-state index contributed by atoms with van der Waals surface area (Å²) in [5.74, 6) is -3.48. The summed E-state index contributed by atoms with van der Waals surface area (Å²) in [6.45, 7) is 8.62. The molecule has 1 aromatic rings. The molecular formula is C22H38N6O6. The lowest BCUT2D eigenvalue weighted by atomic mass is 9.98. The Labute approximate surface area is 199 Å². The van der Waals surface area contributed by atoms with Crippen molar-refractivity contribution in [2.75, 3.05) is 0 Å². The lowest BCUT2D eigenvalue weighted by molar-refractivity contribution is -0.143. The first kappa shape index (κ1) is 29.0. The molecule has 6 unspecified atom stereocenters. The van der Waals surface area contributed by atoms with E-state index in [0.717, 1.165) is 0 Å². The second kappa shape index (κ2) is 13.7. The molecule has 8 N–H and O–H groups in total. The number of aromatic nitrogens is 2. The van der Waals surface area contributed by atoms with Gasteiger partial charge in [0.2, 0.25) is 17.7 Å². The molecule has 0 radical (unpaired) electrons. The van der Waals surface area contributed by atoms with Crippen molar-refractivity contribution in [1.29, 1.82) is 0 Å². The number of carboxylic acid groups (broad SMARTS) is 1. The van der Waals surface area contributed by atoms with Gasteiger partial charge in [-0.05, 0) is 25.2 Å². The van der Waals surface area contributed by atoms with Gasteiger partial charge in [0.15, 0.2) is 0 Å². The van der Waals surface area contributed by atoms with Crippen LogP contribution in [0.15, 0.2) is 12.5 Å². The minimum Gasteiger partial charge on any atom is -0.480 e. The maximum absolute atomic E-state index is 13.1. The summed E-state index contributed by atoms with van der Waals surface area (Å²) in [5.41, 5.74) is 6.54. The maximum Gasteiger partial charge on any atom is 0.326 e. The third kappa shape index (κ3) is 9.10. The van der Waals surface area contributed by atoms with Crippen LogP contribution in [0.1, 0.15) is 53.2 Å². The molecule has 12 heteroatoms. The number of H-pyrrole nitrogens is 1. The summed E-state index contributed by atoms with van der Waals surface area (Å²) < 4.78 is 0. The number of nitrogens with zero attached hydrogens (tertiary/aromatic N) is 1. The van der Waals surface area contributed by atoms with Gasteiger partial charge in [0.1, 0.15) is 18.1 Å². The Morgan fingerprint density at radius 2 is 1.65 bits per heavy atom. The van der Waals surface area contributed by atoms with Crippen LogP contribution in [0, 0.1) is 11.8 Å². The van der Waals surface area contributed by atoms with E-state index in [2.05, 4.69) is 25.9 Å². The number of carbonyl (C=O) groups is 4. The molecule has 1 rings (SSSR count). The summed E-state index contributed by atoms with van der Waals surface area (Å²) in [7, 11) is 0. The zero-order chi connectivity index (χ0) is 26.0. The zero-order valence-corrected chi connectivity index (χ0v) is 20.4. The minimum atomic E-state index is -1.44. The molecule has 12 nitrogen and oxygen atoms in total. The molecule has 0 aliphatic heterocycles. The highest BCUT2D eigenvalue weighted by atomic mass is 16.4. The lowest BCUT2D eigenvalue weighted by Crippen LogP contribution is -2.60. The van der Waals surface area contributed by atoms with Gasteiger partial charge in [0.05, 0.1) is 18.5 Å². The van der Waals surface area contributed by atoms with E-state index in [1.165, 1.54) is 19.4 Å². The molecule has 0 spiro atoms. The highest BCUT2D eigenvalue weighted by Gasteiger charge is 2.33. The van der Waals surface area contributed by atoms with Gasteiger partial charge >= 0.3 is 5.97 Å². The molecular weight excluding hydrogens is 444 g/mol. The Hall–Kier alpha value is -2.99. The molecule has 1 aromatic heterocycles. The number of amides is 3. The van der Waals surface area contributed by atoms with Crippen LogP contribution >= 0.6 is 0 Å². The van der Waals surface area contributed by atoms with Crippen molar-refractivity contribution < 1.29 is 29.4 Å². The average molecular weight is 483 g/mol. The molecule has 192 valence electrons. The van der Waals surface area contributed by atoms with Gasteiger partial charge in [-0.1, -0.05) is 34.1 Å². The normalized spacial score (nSPS) is 16.6. The summed E-state index contributed by atoms with van der Waals surface area (Å²) in [6.07, 6.45) is 2.45. The summed E-state index contributed by atoms with van der Waals surface area (Å²) in [6, 6.07) is -4.58. The summed E-state index contributed by atoms with van der Waals surface area (Å²) in [5, 5.41) is 26.9. The number of aliphatic hydroxyl groups is 1. The first-order valence-corrected chi connectivity index (χ1v) is 11.4. The fraction of sp³-hybridized carbons (Fsp3) is 0.682. The molecule has 0 saturated carbocycles. The second-order valence-electron chi connectivity index (χ2n) is 9.01. The van der Waals surface area contributed by atoms with Crippen molar-refractivity contribution >= 4 is 23.7 Å². The Morgan fingerprint density at radius 1 is 1.03 bits per heavy atom. The quantitative estimate of drug-likeness (QED) is 0.180. The predicted octanol–water partition coefficient (Wildman–Crippen LogP) is -0.708. The molecule has 3 amide bonds. The van der Waals surface area contributed by atoms with E-state index >= 15 is 0 Å².